The zero-order valence-corrected chi connectivity index (χ0v) is 12.2. The third kappa shape index (κ3) is 2.62. The largest absolute Gasteiger partial charge is 0.532 e. The molecule has 7 heteroatoms. The highest BCUT2D eigenvalue weighted by Crippen LogP contribution is 2.36. The average molecular weight is 287 g/mol. The summed E-state index contributed by atoms with van der Waals surface area (Å²) in [4.78, 5) is 0. The van der Waals surface area contributed by atoms with Crippen LogP contribution in [0.3, 0.4) is 0 Å². The minimum absolute atomic E-state index is 0.159. The fourth-order valence-corrected chi connectivity index (χ4v) is 2.00. The number of rotatable bonds is 4. The summed E-state index contributed by atoms with van der Waals surface area (Å²) in [6.07, 6.45) is -2.56. The maximum Gasteiger partial charge on any atom is 0.532 e. The number of alkyl halides is 2. The SMILES string of the molecule is CC1(C)OB(c2ccc(C(CN)C(F)F)o2)OC1(C)C. The first-order valence-corrected chi connectivity index (χ1v) is 6.61. The molecule has 0 bridgehead atoms. The Morgan fingerprint density at radius 3 is 2.15 bits per heavy atom. The van der Waals surface area contributed by atoms with E-state index < -0.39 is 30.7 Å². The van der Waals surface area contributed by atoms with Crippen LogP contribution in [-0.4, -0.2) is 31.3 Å². The van der Waals surface area contributed by atoms with Gasteiger partial charge in [0.2, 0.25) is 6.43 Å². The molecular formula is C13H20BF2NO3. The van der Waals surface area contributed by atoms with Crippen molar-refractivity contribution in [2.24, 2.45) is 5.73 Å². The van der Waals surface area contributed by atoms with Crippen molar-refractivity contribution in [1.29, 1.82) is 0 Å². The van der Waals surface area contributed by atoms with E-state index >= 15 is 0 Å². The van der Waals surface area contributed by atoms with Gasteiger partial charge in [0.05, 0.1) is 17.1 Å². The van der Waals surface area contributed by atoms with Crippen LogP contribution in [0.1, 0.15) is 39.4 Å². The van der Waals surface area contributed by atoms with Crippen molar-refractivity contribution in [3.05, 3.63) is 17.9 Å². The van der Waals surface area contributed by atoms with Gasteiger partial charge in [-0.2, -0.15) is 0 Å². The molecule has 1 saturated heterocycles. The topological polar surface area (TPSA) is 57.6 Å². The second-order valence-electron chi connectivity index (χ2n) is 6.01. The predicted octanol–water partition coefficient (Wildman–Crippen LogP) is 1.89. The molecule has 1 atom stereocenters. The lowest BCUT2D eigenvalue weighted by molar-refractivity contribution is 0.00578. The minimum Gasteiger partial charge on any atom is -0.469 e. The fourth-order valence-electron chi connectivity index (χ4n) is 2.00. The second-order valence-corrected chi connectivity index (χ2v) is 6.01. The predicted molar refractivity (Wildman–Crippen MR) is 72.2 cm³/mol. The van der Waals surface area contributed by atoms with E-state index in [-0.39, 0.29) is 12.3 Å². The van der Waals surface area contributed by atoms with Gasteiger partial charge in [-0.25, -0.2) is 8.78 Å². The van der Waals surface area contributed by atoms with E-state index in [2.05, 4.69) is 0 Å². The molecule has 0 aromatic carbocycles. The van der Waals surface area contributed by atoms with E-state index in [1.165, 1.54) is 6.07 Å². The van der Waals surface area contributed by atoms with Gasteiger partial charge in [-0.05, 0) is 39.8 Å². The lowest BCUT2D eigenvalue weighted by atomic mass is 9.86. The molecule has 4 nitrogen and oxygen atoms in total. The lowest BCUT2D eigenvalue weighted by Crippen LogP contribution is -2.41. The lowest BCUT2D eigenvalue weighted by Gasteiger charge is -2.32. The van der Waals surface area contributed by atoms with E-state index in [9.17, 15) is 8.78 Å². The van der Waals surface area contributed by atoms with E-state index in [1.54, 1.807) is 6.07 Å². The molecule has 0 radical (unpaired) electrons. The second kappa shape index (κ2) is 5.13. The minimum atomic E-state index is -2.56. The number of furan rings is 1. The molecule has 0 spiro atoms. The normalized spacial score (nSPS) is 22.5. The van der Waals surface area contributed by atoms with Crippen molar-refractivity contribution in [1.82, 2.24) is 0 Å². The maximum absolute atomic E-state index is 12.8. The van der Waals surface area contributed by atoms with Crippen LogP contribution in [-0.2, 0) is 9.31 Å². The average Bonchev–Trinajstić information content (AvgIpc) is 2.84. The summed E-state index contributed by atoms with van der Waals surface area (Å²) in [7, 11) is -0.690. The van der Waals surface area contributed by atoms with Crippen LogP contribution < -0.4 is 11.4 Å². The summed E-state index contributed by atoms with van der Waals surface area (Å²) in [6.45, 7) is 7.49. The Morgan fingerprint density at radius 2 is 1.70 bits per heavy atom. The molecule has 1 aliphatic rings. The Labute approximate surface area is 117 Å². The molecule has 112 valence electrons. The Balaban J connectivity index is 2.19. The molecule has 1 aliphatic heterocycles. The Morgan fingerprint density at radius 1 is 1.15 bits per heavy atom. The Hall–Kier alpha value is -0.915. The summed E-state index contributed by atoms with van der Waals surface area (Å²) < 4.78 is 42.7. The Kier molecular flexibility index (Phi) is 3.97. The summed E-state index contributed by atoms with van der Waals surface area (Å²) in [5.74, 6) is -0.946. The molecule has 20 heavy (non-hydrogen) atoms. The molecule has 0 aliphatic carbocycles. The highest BCUT2D eigenvalue weighted by atomic mass is 19.3. The third-order valence-corrected chi connectivity index (χ3v) is 4.06. The number of hydrogen-bond donors (Lipinski definition) is 1. The fraction of sp³-hybridized carbons (Fsp3) is 0.692. The van der Waals surface area contributed by atoms with Crippen LogP contribution in [0.25, 0.3) is 0 Å². The molecule has 1 unspecified atom stereocenters. The van der Waals surface area contributed by atoms with Crippen molar-refractivity contribution < 1.29 is 22.5 Å². The van der Waals surface area contributed by atoms with E-state index in [0.717, 1.165) is 0 Å². The van der Waals surface area contributed by atoms with Gasteiger partial charge < -0.3 is 19.5 Å². The monoisotopic (exact) mass is 287 g/mol. The van der Waals surface area contributed by atoms with Gasteiger partial charge in [0.15, 0.2) is 0 Å². The van der Waals surface area contributed by atoms with Crippen LogP contribution in [0.5, 0.6) is 0 Å². The third-order valence-electron chi connectivity index (χ3n) is 4.06. The summed E-state index contributed by atoms with van der Waals surface area (Å²) in [6, 6.07) is 3.10. The van der Waals surface area contributed by atoms with Gasteiger partial charge in [-0.3, -0.25) is 0 Å². The highest BCUT2D eigenvalue weighted by Gasteiger charge is 2.53. The van der Waals surface area contributed by atoms with Crippen LogP contribution >= 0.6 is 0 Å². The van der Waals surface area contributed by atoms with Crippen molar-refractivity contribution in [2.75, 3.05) is 6.54 Å². The molecule has 2 N–H and O–H groups in total. The van der Waals surface area contributed by atoms with Gasteiger partial charge in [0.1, 0.15) is 11.4 Å². The van der Waals surface area contributed by atoms with Crippen molar-refractivity contribution in [2.45, 2.75) is 51.2 Å². The smallest absolute Gasteiger partial charge is 0.469 e. The summed E-state index contributed by atoms with van der Waals surface area (Å²) in [5.41, 5.74) is 4.74. The van der Waals surface area contributed by atoms with E-state index in [4.69, 9.17) is 19.5 Å². The molecule has 0 saturated carbocycles. The summed E-state index contributed by atoms with van der Waals surface area (Å²) >= 11 is 0. The van der Waals surface area contributed by atoms with Crippen LogP contribution in [0, 0.1) is 0 Å². The van der Waals surface area contributed by atoms with Gasteiger partial charge >= 0.3 is 7.12 Å². The molecule has 1 aromatic rings. The molecular weight excluding hydrogens is 267 g/mol. The number of hydrogen-bond acceptors (Lipinski definition) is 4. The van der Waals surface area contributed by atoms with Gasteiger partial charge in [0, 0.05) is 6.54 Å². The van der Waals surface area contributed by atoms with Crippen molar-refractivity contribution in [3.63, 3.8) is 0 Å². The molecule has 1 fully saturated rings. The highest BCUT2D eigenvalue weighted by molar-refractivity contribution is 6.60. The summed E-state index contributed by atoms with van der Waals surface area (Å²) in [5, 5.41) is 0. The first kappa shape index (κ1) is 15.5. The van der Waals surface area contributed by atoms with Gasteiger partial charge in [-0.1, -0.05) is 0 Å². The number of halogens is 2. The van der Waals surface area contributed by atoms with Crippen LogP contribution in [0.4, 0.5) is 8.78 Å². The standard InChI is InChI=1S/C13H20BF2NO3/c1-12(2)13(3,4)20-14(19-12)10-6-5-9(18-10)8(7-17)11(15)16/h5-6,8,11H,7,17H2,1-4H3. The first-order valence-electron chi connectivity index (χ1n) is 6.61. The van der Waals surface area contributed by atoms with Crippen LogP contribution in [0.2, 0.25) is 0 Å². The van der Waals surface area contributed by atoms with Crippen molar-refractivity contribution >= 4 is 12.8 Å². The van der Waals surface area contributed by atoms with Crippen LogP contribution in [0.15, 0.2) is 16.5 Å². The molecule has 2 rings (SSSR count). The Bertz CT molecular complexity index is 460. The molecule has 2 heterocycles. The zero-order valence-electron chi connectivity index (χ0n) is 12.2. The van der Waals surface area contributed by atoms with E-state index in [1.807, 2.05) is 27.7 Å². The molecule has 0 amide bonds. The van der Waals surface area contributed by atoms with Crippen molar-refractivity contribution in [3.8, 4) is 0 Å². The first-order chi connectivity index (χ1) is 9.18. The van der Waals surface area contributed by atoms with Gasteiger partial charge in [0.25, 0.3) is 0 Å². The number of nitrogens with two attached hydrogens (primary N) is 1. The zero-order chi connectivity index (χ0) is 15.1. The quantitative estimate of drug-likeness (QED) is 0.859. The van der Waals surface area contributed by atoms with E-state index in [0.29, 0.717) is 5.66 Å². The van der Waals surface area contributed by atoms with Gasteiger partial charge in [-0.15, -0.1) is 0 Å². The molecule has 1 aromatic heterocycles. The maximum atomic E-state index is 12.8.